The highest BCUT2D eigenvalue weighted by atomic mass is 16.3. The SMILES string of the molecule is CN(CCCO)CCN1CCCC1. The molecular formula is C10H22N2O. The predicted octanol–water partition coefficient (Wildman–Crippen LogP) is 0.396. The van der Waals surface area contributed by atoms with E-state index < -0.39 is 0 Å². The summed E-state index contributed by atoms with van der Waals surface area (Å²) in [5.41, 5.74) is 0. The Hall–Kier alpha value is -0.120. The second kappa shape index (κ2) is 6.35. The fourth-order valence-electron chi connectivity index (χ4n) is 1.77. The molecular weight excluding hydrogens is 164 g/mol. The summed E-state index contributed by atoms with van der Waals surface area (Å²) in [6.45, 7) is 6.24. The first-order chi connectivity index (χ1) is 6.33. The molecule has 1 N–H and O–H groups in total. The summed E-state index contributed by atoms with van der Waals surface area (Å²) in [5.74, 6) is 0. The molecule has 0 aromatic carbocycles. The Morgan fingerprint density at radius 1 is 1.23 bits per heavy atom. The molecule has 1 heterocycles. The maximum atomic E-state index is 8.66. The van der Waals surface area contributed by atoms with E-state index in [1.54, 1.807) is 0 Å². The minimum atomic E-state index is 0.314. The van der Waals surface area contributed by atoms with E-state index in [4.69, 9.17) is 5.11 Å². The van der Waals surface area contributed by atoms with Crippen LogP contribution in [0.2, 0.25) is 0 Å². The number of rotatable bonds is 6. The van der Waals surface area contributed by atoms with Crippen molar-refractivity contribution in [2.75, 3.05) is 46.4 Å². The summed E-state index contributed by atoms with van der Waals surface area (Å²) in [7, 11) is 2.13. The Balaban J connectivity index is 1.97. The number of likely N-dealkylation sites (N-methyl/N-ethyl adjacent to an activating group) is 1. The number of aliphatic hydroxyl groups is 1. The Morgan fingerprint density at radius 2 is 1.92 bits per heavy atom. The van der Waals surface area contributed by atoms with Crippen molar-refractivity contribution >= 4 is 0 Å². The molecule has 13 heavy (non-hydrogen) atoms. The van der Waals surface area contributed by atoms with Gasteiger partial charge in [-0.3, -0.25) is 0 Å². The van der Waals surface area contributed by atoms with Gasteiger partial charge in [0.15, 0.2) is 0 Å². The van der Waals surface area contributed by atoms with Gasteiger partial charge in [-0.25, -0.2) is 0 Å². The van der Waals surface area contributed by atoms with E-state index in [9.17, 15) is 0 Å². The lowest BCUT2D eigenvalue weighted by Gasteiger charge is -2.20. The van der Waals surface area contributed by atoms with Crippen molar-refractivity contribution in [2.45, 2.75) is 19.3 Å². The summed E-state index contributed by atoms with van der Waals surface area (Å²) >= 11 is 0. The van der Waals surface area contributed by atoms with Gasteiger partial charge in [-0.05, 0) is 39.4 Å². The van der Waals surface area contributed by atoms with Crippen LogP contribution in [-0.4, -0.2) is 61.3 Å². The third-order valence-corrected chi connectivity index (χ3v) is 2.69. The van der Waals surface area contributed by atoms with Gasteiger partial charge in [-0.15, -0.1) is 0 Å². The van der Waals surface area contributed by atoms with E-state index in [1.165, 1.54) is 32.5 Å². The quantitative estimate of drug-likeness (QED) is 0.650. The normalized spacial score (nSPS) is 18.7. The molecule has 0 unspecified atom stereocenters. The molecule has 0 saturated carbocycles. The van der Waals surface area contributed by atoms with Crippen molar-refractivity contribution in [2.24, 2.45) is 0 Å². The summed E-state index contributed by atoms with van der Waals surface area (Å²) in [6.07, 6.45) is 3.65. The first kappa shape index (κ1) is 11.0. The van der Waals surface area contributed by atoms with E-state index in [1.807, 2.05) is 0 Å². The first-order valence-corrected chi connectivity index (χ1v) is 5.34. The van der Waals surface area contributed by atoms with Gasteiger partial charge in [-0.2, -0.15) is 0 Å². The average Bonchev–Trinajstić information content (AvgIpc) is 2.64. The Morgan fingerprint density at radius 3 is 2.54 bits per heavy atom. The van der Waals surface area contributed by atoms with E-state index in [0.29, 0.717) is 6.61 Å². The third kappa shape index (κ3) is 4.60. The van der Waals surface area contributed by atoms with Crippen LogP contribution in [0.1, 0.15) is 19.3 Å². The second-order valence-electron chi connectivity index (χ2n) is 3.93. The lowest BCUT2D eigenvalue weighted by atomic mass is 10.4. The van der Waals surface area contributed by atoms with Crippen LogP contribution >= 0.6 is 0 Å². The van der Waals surface area contributed by atoms with Gasteiger partial charge in [0.25, 0.3) is 0 Å². The van der Waals surface area contributed by atoms with Crippen LogP contribution in [0.5, 0.6) is 0 Å². The molecule has 0 amide bonds. The molecule has 0 bridgehead atoms. The number of nitrogens with zero attached hydrogens (tertiary/aromatic N) is 2. The van der Waals surface area contributed by atoms with Crippen LogP contribution in [0.25, 0.3) is 0 Å². The van der Waals surface area contributed by atoms with Gasteiger partial charge in [0.1, 0.15) is 0 Å². The molecule has 1 aliphatic heterocycles. The number of aliphatic hydroxyl groups excluding tert-OH is 1. The van der Waals surface area contributed by atoms with Crippen molar-refractivity contribution in [3.8, 4) is 0 Å². The van der Waals surface area contributed by atoms with Crippen molar-refractivity contribution in [3.05, 3.63) is 0 Å². The Bertz CT molecular complexity index is 124. The lowest BCUT2D eigenvalue weighted by Crippen LogP contribution is -2.32. The van der Waals surface area contributed by atoms with Crippen molar-refractivity contribution < 1.29 is 5.11 Å². The summed E-state index contributed by atoms with van der Waals surface area (Å²) in [6, 6.07) is 0. The molecule has 1 saturated heterocycles. The largest absolute Gasteiger partial charge is 0.396 e. The van der Waals surface area contributed by atoms with Gasteiger partial charge < -0.3 is 14.9 Å². The average molecular weight is 186 g/mol. The Kier molecular flexibility index (Phi) is 5.35. The van der Waals surface area contributed by atoms with Crippen LogP contribution < -0.4 is 0 Å². The van der Waals surface area contributed by atoms with Gasteiger partial charge in [0, 0.05) is 26.2 Å². The molecule has 1 rings (SSSR count). The van der Waals surface area contributed by atoms with E-state index in [-0.39, 0.29) is 0 Å². The Labute approximate surface area is 81.3 Å². The standard InChI is InChI=1S/C10H22N2O/c1-11(5-4-10-13)8-9-12-6-2-3-7-12/h13H,2-10H2,1H3. The highest BCUT2D eigenvalue weighted by Crippen LogP contribution is 2.06. The minimum absolute atomic E-state index is 0.314. The number of likely N-dealkylation sites (tertiary alicyclic amines) is 1. The summed E-state index contributed by atoms with van der Waals surface area (Å²) < 4.78 is 0. The van der Waals surface area contributed by atoms with Gasteiger partial charge in [0.2, 0.25) is 0 Å². The highest BCUT2D eigenvalue weighted by molar-refractivity contribution is 4.67. The number of hydrogen-bond acceptors (Lipinski definition) is 3. The molecule has 78 valence electrons. The third-order valence-electron chi connectivity index (χ3n) is 2.69. The van der Waals surface area contributed by atoms with Crippen LogP contribution in [0.3, 0.4) is 0 Å². The predicted molar refractivity (Wildman–Crippen MR) is 54.9 cm³/mol. The van der Waals surface area contributed by atoms with Gasteiger partial charge in [-0.1, -0.05) is 0 Å². The van der Waals surface area contributed by atoms with Crippen LogP contribution in [-0.2, 0) is 0 Å². The van der Waals surface area contributed by atoms with Crippen molar-refractivity contribution in [1.29, 1.82) is 0 Å². The van der Waals surface area contributed by atoms with Gasteiger partial charge in [0.05, 0.1) is 0 Å². The van der Waals surface area contributed by atoms with Crippen LogP contribution in [0.4, 0.5) is 0 Å². The zero-order valence-electron chi connectivity index (χ0n) is 8.71. The molecule has 0 radical (unpaired) electrons. The van der Waals surface area contributed by atoms with E-state index >= 15 is 0 Å². The molecule has 0 aromatic heterocycles. The highest BCUT2D eigenvalue weighted by Gasteiger charge is 2.11. The zero-order chi connectivity index (χ0) is 9.52. The van der Waals surface area contributed by atoms with Crippen LogP contribution in [0.15, 0.2) is 0 Å². The lowest BCUT2D eigenvalue weighted by molar-refractivity contribution is 0.225. The maximum absolute atomic E-state index is 8.66. The first-order valence-electron chi connectivity index (χ1n) is 5.34. The maximum Gasteiger partial charge on any atom is 0.0443 e. The minimum Gasteiger partial charge on any atom is -0.396 e. The molecule has 3 heteroatoms. The molecule has 0 atom stereocenters. The molecule has 1 fully saturated rings. The fourth-order valence-corrected chi connectivity index (χ4v) is 1.77. The molecule has 3 nitrogen and oxygen atoms in total. The zero-order valence-corrected chi connectivity index (χ0v) is 8.71. The van der Waals surface area contributed by atoms with E-state index in [0.717, 1.165) is 19.5 Å². The summed E-state index contributed by atoms with van der Waals surface area (Å²) in [4.78, 5) is 4.82. The van der Waals surface area contributed by atoms with E-state index in [2.05, 4.69) is 16.8 Å². The number of hydrogen-bond donors (Lipinski definition) is 1. The van der Waals surface area contributed by atoms with Crippen molar-refractivity contribution in [1.82, 2.24) is 9.80 Å². The van der Waals surface area contributed by atoms with Crippen LogP contribution in [0, 0.1) is 0 Å². The molecule has 0 spiro atoms. The summed E-state index contributed by atoms with van der Waals surface area (Å²) in [5, 5.41) is 8.66. The smallest absolute Gasteiger partial charge is 0.0443 e. The second-order valence-corrected chi connectivity index (χ2v) is 3.93. The monoisotopic (exact) mass is 186 g/mol. The molecule has 1 aliphatic rings. The van der Waals surface area contributed by atoms with Crippen molar-refractivity contribution in [3.63, 3.8) is 0 Å². The molecule has 0 aliphatic carbocycles. The van der Waals surface area contributed by atoms with Gasteiger partial charge >= 0.3 is 0 Å². The topological polar surface area (TPSA) is 26.7 Å². The fraction of sp³-hybridized carbons (Fsp3) is 1.00. The molecule has 0 aromatic rings.